The standard InChI is InChI=1S/C14H16N6O2/c1-9(2)19-13(16-8-18-19)7-22-14(21)11-6-15-12-4-5-17-20(12)10(11)3/h4-6,8-9H,7H2,1-3H3. The summed E-state index contributed by atoms with van der Waals surface area (Å²) in [5, 5.41) is 8.23. The molecule has 3 rings (SSSR count). The summed E-state index contributed by atoms with van der Waals surface area (Å²) in [4.78, 5) is 20.5. The van der Waals surface area contributed by atoms with Crippen LogP contribution in [-0.4, -0.2) is 35.3 Å². The van der Waals surface area contributed by atoms with E-state index in [9.17, 15) is 4.79 Å². The van der Waals surface area contributed by atoms with Crippen molar-refractivity contribution in [1.29, 1.82) is 0 Å². The number of carbonyl (C=O) groups excluding carboxylic acids is 1. The molecule has 0 aliphatic rings. The van der Waals surface area contributed by atoms with Crippen LogP contribution in [0.1, 0.15) is 41.8 Å². The first-order chi connectivity index (χ1) is 10.6. The van der Waals surface area contributed by atoms with Gasteiger partial charge >= 0.3 is 5.97 Å². The molecular weight excluding hydrogens is 284 g/mol. The number of esters is 1. The number of nitrogens with zero attached hydrogens (tertiary/aromatic N) is 6. The second kappa shape index (κ2) is 5.55. The molecule has 114 valence electrons. The van der Waals surface area contributed by atoms with Crippen molar-refractivity contribution in [2.24, 2.45) is 0 Å². The summed E-state index contributed by atoms with van der Waals surface area (Å²) in [5.41, 5.74) is 1.76. The fraction of sp³-hybridized carbons (Fsp3) is 0.357. The summed E-state index contributed by atoms with van der Waals surface area (Å²) in [7, 11) is 0. The topological polar surface area (TPSA) is 87.2 Å². The zero-order valence-corrected chi connectivity index (χ0v) is 12.6. The predicted octanol–water partition coefficient (Wildman–Crippen LogP) is 1.57. The van der Waals surface area contributed by atoms with Gasteiger partial charge in [0.05, 0.1) is 17.5 Å². The molecule has 0 spiro atoms. The van der Waals surface area contributed by atoms with Crippen molar-refractivity contribution in [3.8, 4) is 0 Å². The lowest BCUT2D eigenvalue weighted by Crippen LogP contribution is -2.14. The van der Waals surface area contributed by atoms with Gasteiger partial charge in [-0.3, -0.25) is 0 Å². The SMILES string of the molecule is Cc1c(C(=O)OCc2ncnn2C(C)C)cnc2ccnn12. The van der Waals surface area contributed by atoms with Crippen molar-refractivity contribution < 1.29 is 9.53 Å². The van der Waals surface area contributed by atoms with Gasteiger partial charge in [-0.05, 0) is 20.8 Å². The van der Waals surface area contributed by atoms with Gasteiger partial charge in [0.1, 0.15) is 6.33 Å². The first kappa shape index (κ1) is 14.2. The molecule has 8 nitrogen and oxygen atoms in total. The molecule has 0 atom stereocenters. The molecule has 0 aromatic carbocycles. The molecule has 0 saturated carbocycles. The predicted molar refractivity (Wildman–Crippen MR) is 77.3 cm³/mol. The van der Waals surface area contributed by atoms with Crippen molar-refractivity contribution in [2.75, 3.05) is 0 Å². The van der Waals surface area contributed by atoms with E-state index in [-0.39, 0.29) is 12.6 Å². The fourth-order valence-electron chi connectivity index (χ4n) is 2.21. The number of aromatic nitrogens is 6. The third-order valence-electron chi connectivity index (χ3n) is 3.34. The smallest absolute Gasteiger partial charge is 0.342 e. The van der Waals surface area contributed by atoms with Crippen LogP contribution in [-0.2, 0) is 11.3 Å². The molecule has 22 heavy (non-hydrogen) atoms. The number of hydrogen-bond acceptors (Lipinski definition) is 6. The molecule has 0 saturated heterocycles. The molecule has 8 heteroatoms. The molecule has 0 aliphatic heterocycles. The highest BCUT2D eigenvalue weighted by atomic mass is 16.5. The van der Waals surface area contributed by atoms with Crippen LogP contribution in [0.3, 0.4) is 0 Å². The van der Waals surface area contributed by atoms with E-state index in [2.05, 4.69) is 20.2 Å². The van der Waals surface area contributed by atoms with Crippen LogP contribution in [0.15, 0.2) is 24.8 Å². The molecule has 0 bridgehead atoms. The van der Waals surface area contributed by atoms with Crippen LogP contribution in [0.4, 0.5) is 0 Å². The van der Waals surface area contributed by atoms with E-state index in [4.69, 9.17) is 4.74 Å². The van der Waals surface area contributed by atoms with Gasteiger partial charge < -0.3 is 4.74 Å². The molecule has 3 aromatic heterocycles. The van der Waals surface area contributed by atoms with Crippen molar-refractivity contribution in [2.45, 2.75) is 33.4 Å². The van der Waals surface area contributed by atoms with Gasteiger partial charge in [-0.2, -0.15) is 10.2 Å². The van der Waals surface area contributed by atoms with E-state index in [1.165, 1.54) is 12.5 Å². The first-order valence-electron chi connectivity index (χ1n) is 6.92. The van der Waals surface area contributed by atoms with E-state index in [0.717, 1.165) is 0 Å². The quantitative estimate of drug-likeness (QED) is 0.680. The Labute approximate surface area is 126 Å². The Morgan fingerprint density at radius 2 is 2.14 bits per heavy atom. The van der Waals surface area contributed by atoms with Crippen molar-refractivity contribution in [3.63, 3.8) is 0 Å². The van der Waals surface area contributed by atoms with Gasteiger partial charge in [-0.1, -0.05) is 0 Å². The molecule has 0 unspecified atom stereocenters. The highest BCUT2D eigenvalue weighted by Gasteiger charge is 2.16. The molecule has 0 aliphatic carbocycles. The molecule has 0 N–H and O–H groups in total. The van der Waals surface area contributed by atoms with Crippen LogP contribution in [0, 0.1) is 6.92 Å². The van der Waals surface area contributed by atoms with E-state index >= 15 is 0 Å². The number of ether oxygens (including phenoxy) is 1. The Balaban J connectivity index is 1.79. The maximum absolute atomic E-state index is 12.2. The minimum absolute atomic E-state index is 0.0631. The maximum atomic E-state index is 12.2. The normalized spacial score (nSPS) is 11.3. The fourth-order valence-corrected chi connectivity index (χ4v) is 2.21. The van der Waals surface area contributed by atoms with E-state index in [0.29, 0.717) is 22.7 Å². The highest BCUT2D eigenvalue weighted by molar-refractivity contribution is 5.90. The van der Waals surface area contributed by atoms with E-state index in [1.807, 2.05) is 13.8 Å². The minimum Gasteiger partial charge on any atom is -0.454 e. The van der Waals surface area contributed by atoms with Gasteiger partial charge in [0.2, 0.25) is 0 Å². The average molecular weight is 300 g/mol. The lowest BCUT2D eigenvalue weighted by Gasteiger charge is -2.10. The van der Waals surface area contributed by atoms with Gasteiger partial charge in [-0.25, -0.2) is 24.0 Å². The van der Waals surface area contributed by atoms with Crippen LogP contribution >= 0.6 is 0 Å². The molecule has 0 fully saturated rings. The number of aryl methyl sites for hydroxylation is 1. The van der Waals surface area contributed by atoms with Gasteiger partial charge in [-0.15, -0.1) is 0 Å². The number of carbonyl (C=O) groups is 1. The lowest BCUT2D eigenvalue weighted by atomic mass is 10.2. The van der Waals surface area contributed by atoms with E-state index in [1.54, 1.807) is 28.4 Å². The summed E-state index contributed by atoms with van der Waals surface area (Å²) in [5.74, 6) is 0.148. The monoisotopic (exact) mass is 300 g/mol. The summed E-state index contributed by atoms with van der Waals surface area (Å²) in [6, 6.07) is 1.92. The lowest BCUT2D eigenvalue weighted by molar-refractivity contribution is 0.0453. The zero-order valence-electron chi connectivity index (χ0n) is 12.6. The van der Waals surface area contributed by atoms with Crippen LogP contribution in [0.5, 0.6) is 0 Å². The number of rotatable bonds is 4. The Hall–Kier alpha value is -2.77. The van der Waals surface area contributed by atoms with Crippen molar-refractivity contribution in [3.05, 3.63) is 41.9 Å². The Morgan fingerprint density at radius 1 is 1.32 bits per heavy atom. The zero-order chi connectivity index (χ0) is 15.7. The van der Waals surface area contributed by atoms with E-state index < -0.39 is 5.97 Å². The maximum Gasteiger partial charge on any atom is 0.342 e. The molecule has 3 aromatic rings. The van der Waals surface area contributed by atoms with Crippen molar-refractivity contribution >= 4 is 11.6 Å². The Morgan fingerprint density at radius 3 is 2.91 bits per heavy atom. The van der Waals surface area contributed by atoms with Crippen LogP contribution in [0.2, 0.25) is 0 Å². The first-order valence-corrected chi connectivity index (χ1v) is 6.92. The molecule has 0 radical (unpaired) electrons. The Bertz CT molecular complexity index is 820. The second-order valence-electron chi connectivity index (χ2n) is 5.15. The summed E-state index contributed by atoms with van der Waals surface area (Å²) < 4.78 is 8.65. The summed E-state index contributed by atoms with van der Waals surface area (Å²) in [6.07, 6.45) is 4.59. The molecular formula is C14H16N6O2. The van der Waals surface area contributed by atoms with Gasteiger partial charge in [0.25, 0.3) is 0 Å². The minimum atomic E-state index is -0.458. The second-order valence-corrected chi connectivity index (χ2v) is 5.15. The Kier molecular flexibility index (Phi) is 3.58. The third kappa shape index (κ3) is 2.43. The third-order valence-corrected chi connectivity index (χ3v) is 3.34. The number of hydrogen-bond donors (Lipinski definition) is 0. The van der Waals surface area contributed by atoms with Gasteiger partial charge in [0, 0.05) is 18.3 Å². The van der Waals surface area contributed by atoms with Crippen LogP contribution in [0.25, 0.3) is 5.65 Å². The van der Waals surface area contributed by atoms with Crippen LogP contribution < -0.4 is 0 Å². The summed E-state index contributed by atoms with van der Waals surface area (Å²) in [6.45, 7) is 5.84. The summed E-state index contributed by atoms with van der Waals surface area (Å²) >= 11 is 0. The number of fused-ring (bicyclic) bond motifs is 1. The molecule has 3 heterocycles. The highest BCUT2D eigenvalue weighted by Crippen LogP contribution is 2.12. The largest absolute Gasteiger partial charge is 0.454 e. The van der Waals surface area contributed by atoms with Gasteiger partial charge in [0.15, 0.2) is 18.1 Å². The molecule has 0 amide bonds. The van der Waals surface area contributed by atoms with Crippen molar-refractivity contribution in [1.82, 2.24) is 29.4 Å². The average Bonchev–Trinajstić information content (AvgIpc) is 3.14.